The molecule has 0 saturated carbocycles. The van der Waals surface area contributed by atoms with E-state index in [1.807, 2.05) is 0 Å². The van der Waals surface area contributed by atoms with Gasteiger partial charge in [0, 0.05) is 13.2 Å². The summed E-state index contributed by atoms with van der Waals surface area (Å²) in [7, 11) is 3.03. The van der Waals surface area contributed by atoms with Crippen molar-refractivity contribution in [3.63, 3.8) is 0 Å². The Morgan fingerprint density at radius 1 is 1.40 bits per heavy atom. The summed E-state index contributed by atoms with van der Waals surface area (Å²) in [5.74, 6) is -0.112. The number of ether oxygens (including phenoxy) is 2. The normalized spacial score (nSPS) is 12.5. The zero-order valence-corrected chi connectivity index (χ0v) is 9.00. The highest BCUT2D eigenvalue weighted by molar-refractivity contribution is 5.29. The van der Waals surface area contributed by atoms with Crippen LogP contribution in [0.15, 0.2) is 18.2 Å². The highest BCUT2D eigenvalue weighted by Gasteiger charge is 2.07. The van der Waals surface area contributed by atoms with Gasteiger partial charge >= 0.3 is 0 Å². The van der Waals surface area contributed by atoms with Crippen LogP contribution in [-0.4, -0.2) is 26.9 Å². The van der Waals surface area contributed by atoms with Gasteiger partial charge in [0.2, 0.25) is 0 Å². The summed E-state index contributed by atoms with van der Waals surface area (Å²) >= 11 is 0. The van der Waals surface area contributed by atoms with Gasteiger partial charge in [-0.1, -0.05) is 6.07 Å². The molecule has 4 heteroatoms. The Labute approximate surface area is 89.0 Å². The van der Waals surface area contributed by atoms with E-state index in [1.54, 1.807) is 19.2 Å². The van der Waals surface area contributed by atoms with Gasteiger partial charge in [-0.15, -0.1) is 0 Å². The van der Waals surface area contributed by atoms with Crippen LogP contribution < -0.4 is 10.5 Å². The third kappa shape index (κ3) is 3.49. The van der Waals surface area contributed by atoms with Crippen LogP contribution in [0, 0.1) is 5.82 Å². The Hall–Kier alpha value is -1.13. The zero-order chi connectivity index (χ0) is 11.3. The molecular weight excluding hydrogens is 197 g/mol. The number of hydrogen-bond donors (Lipinski definition) is 1. The van der Waals surface area contributed by atoms with E-state index in [4.69, 9.17) is 15.2 Å². The van der Waals surface area contributed by atoms with Crippen molar-refractivity contribution >= 4 is 0 Å². The van der Waals surface area contributed by atoms with Gasteiger partial charge in [-0.25, -0.2) is 4.39 Å². The summed E-state index contributed by atoms with van der Waals surface area (Å²) in [5.41, 5.74) is 6.60. The molecule has 0 aliphatic carbocycles. The van der Waals surface area contributed by atoms with Gasteiger partial charge in [0.1, 0.15) is 0 Å². The number of benzene rings is 1. The van der Waals surface area contributed by atoms with E-state index in [0.717, 1.165) is 5.56 Å². The van der Waals surface area contributed by atoms with E-state index in [-0.39, 0.29) is 17.6 Å². The quantitative estimate of drug-likeness (QED) is 0.803. The van der Waals surface area contributed by atoms with Crippen LogP contribution in [-0.2, 0) is 11.2 Å². The summed E-state index contributed by atoms with van der Waals surface area (Å²) in [4.78, 5) is 0. The molecule has 2 N–H and O–H groups in total. The van der Waals surface area contributed by atoms with Gasteiger partial charge < -0.3 is 15.2 Å². The molecule has 0 fully saturated rings. The van der Waals surface area contributed by atoms with Crippen LogP contribution in [0.25, 0.3) is 0 Å². The van der Waals surface area contributed by atoms with E-state index in [9.17, 15) is 4.39 Å². The molecule has 1 atom stereocenters. The van der Waals surface area contributed by atoms with Crippen LogP contribution in [0.1, 0.15) is 5.56 Å². The largest absolute Gasteiger partial charge is 0.494 e. The summed E-state index contributed by atoms with van der Waals surface area (Å²) in [6.45, 7) is 0.466. The molecule has 84 valence electrons. The predicted octanol–water partition coefficient (Wildman–Crippen LogP) is 1.35. The summed E-state index contributed by atoms with van der Waals surface area (Å²) in [6.07, 6.45) is 0.592. The Morgan fingerprint density at radius 2 is 2.13 bits per heavy atom. The lowest BCUT2D eigenvalue weighted by molar-refractivity contribution is 0.180. The van der Waals surface area contributed by atoms with Gasteiger partial charge in [0.15, 0.2) is 11.6 Å². The fourth-order valence-corrected chi connectivity index (χ4v) is 1.41. The first kappa shape index (κ1) is 11.9. The Bertz CT molecular complexity index is 317. The van der Waals surface area contributed by atoms with Gasteiger partial charge in [0.25, 0.3) is 0 Å². The van der Waals surface area contributed by atoms with Crippen molar-refractivity contribution in [2.24, 2.45) is 5.73 Å². The molecule has 1 unspecified atom stereocenters. The van der Waals surface area contributed by atoms with E-state index in [2.05, 4.69) is 0 Å². The van der Waals surface area contributed by atoms with Crippen molar-refractivity contribution in [1.29, 1.82) is 0 Å². The maximum Gasteiger partial charge on any atom is 0.165 e. The van der Waals surface area contributed by atoms with Crippen LogP contribution in [0.3, 0.4) is 0 Å². The van der Waals surface area contributed by atoms with Crippen molar-refractivity contribution in [3.8, 4) is 5.75 Å². The maximum atomic E-state index is 13.3. The SMILES string of the molecule is COCC(N)Cc1ccc(OC)c(F)c1. The minimum Gasteiger partial charge on any atom is -0.494 e. The Morgan fingerprint density at radius 3 is 2.67 bits per heavy atom. The van der Waals surface area contributed by atoms with E-state index in [0.29, 0.717) is 13.0 Å². The molecule has 0 spiro atoms. The summed E-state index contributed by atoms with van der Waals surface area (Å²) < 4.78 is 23.0. The molecule has 0 aromatic heterocycles. The Kier molecular flexibility index (Phi) is 4.52. The van der Waals surface area contributed by atoms with Crippen LogP contribution in [0.5, 0.6) is 5.75 Å². The number of nitrogens with two attached hydrogens (primary N) is 1. The highest BCUT2D eigenvalue weighted by atomic mass is 19.1. The van der Waals surface area contributed by atoms with Crippen molar-refractivity contribution in [3.05, 3.63) is 29.6 Å². The lowest BCUT2D eigenvalue weighted by Gasteiger charge is -2.11. The number of hydrogen-bond acceptors (Lipinski definition) is 3. The lowest BCUT2D eigenvalue weighted by atomic mass is 10.1. The van der Waals surface area contributed by atoms with E-state index >= 15 is 0 Å². The third-order valence-corrected chi connectivity index (χ3v) is 2.09. The number of rotatable bonds is 5. The Balaban J connectivity index is 2.66. The fraction of sp³-hybridized carbons (Fsp3) is 0.455. The van der Waals surface area contributed by atoms with E-state index < -0.39 is 0 Å². The van der Waals surface area contributed by atoms with E-state index in [1.165, 1.54) is 13.2 Å². The predicted molar refractivity (Wildman–Crippen MR) is 56.5 cm³/mol. The molecule has 1 aromatic carbocycles. The van der Waals surface area contributed by atoms with Crippen molar-refractivity contribution in [2.45, 2.75) is 12.5 Å². The monoisotopic (exact) mass is 213 g/mol. The van der Waals surface area contributed by atoms with Crippen molar-refractivity contribution in [2.75, 3.05) is 20.8 Å². The van der Waals surface area contributed by atoms with Crippen LogP contribution in [0.2, 0.25) is 0 Å². The zero-order valence-electron chi connectivity index (χ0n) is 9.00. The molecule has 0 radical (unpaired) electrons. The summed E-state index contributed by atoms with van der Waals surface area (Å²) in [5, 5.41) is 0. The smallest absolute Gasteiger partial charge is 0.165 e. The highest BCUT2D eigenvalue weighted by Crippen LogP contribution is 2.18. The molecular formula is C11H16FNO2. The number of halogens is 1. The molecule has 0 amide bonds. The fourth-order valence-electron chi connectivity index (χ4n) is 1.41. The molecule has 1 rings (SSSR count). The lowest BCUT2D eigenvalue weighted by Crippen LogP contribution is -2.28. The standard InChI is InChI=1S/C11H16FNO2/c1-14-7-9(13)5-8-3-4-11(15-2)10(12)6-8/h3-4,6,9H,5,7,13H2,1-2H3. The topological polar surface area (TPSA) is 44.5 Å². The second-order valence-electron chi connectivity index (χ2n) is 3.39. The molecule has 3 nitrogen and oxygen atoms in total. The molecule has 0 aliphatic heterocycles. The first-order chi connectivity index (χ1) is 7.17. The summed E-state index contributed by atoms with van der Waals surface area (Å²) in [6, 6.07) is 4.73. The van der Waals surface area contributed by atoms with Gasteiger partial charge in [-0.3, -0.25) is 0 Å². The molecule has 0 aliphatic rings. The molecule has 0 bridgehead atoms. The second-order valence-corrected chi connectivity index (χ2v) is 3.39. The minimum absolute atomic E-state index is 0.109. The van der Waals surface area contributed by atoms with Crippen LogP contribution in [0.4, 0.5) is 4.39 Å². The minimum atomic E-state index is -0.361. The van der Waals surface area contributed by atoms with Crippen LogP contribution >= 0.6 is 0 Å². The average Bonchev–Trinajstić information content (AvgIpc) is 2.18. The van der Waals surface area contributed by atoms with Crippen molar-refractivity contribution < 1.29 is 13.9 Å². The third-order valence-electron chi connectivity index (χ3n) is 2.09. The molecule has 0 saturated heterocycles. The first-order valence-corrected chi connectivity index (χ1v) is 4.74. The molecule has 1 aromatic rings. The van der Waals surface area contributed by atoms with Crippen molar-refractivity contribution in [1.82, 2.24) is 0 Å². The average molecular weight is 213 g/mol. The van der Waals surface area contributed by atoms with Gasteiger partial charge in [0.05, 0.1) is 13.7 Å². The first-order valence-electron chi connectivity index (χ1n) is 4.74. The second kappa shape index (κ2) is 5.68. The number of methoxy groups -OCH3 is 2. The maximum absolute atomic E-state index is 13.3. The molecule has 15 heavy (non-hydrogen) atoms. The van der Waals surface area contributed by atoms with Gasteiger partial charge in [-0.2, -0.15) is 0 Å². The molecule has 0 heterocycles. The van der Waals surface area contributed by atoms with Gasteiger partial charge in [-0.05, 0) is 24.1 Å².